The van der Waals surface area contributed by atoms with E-state index >= 15 is 0 Å². The number of hydrogen-bond donors (Lipinski definition) is 1. The van der Waals surface area contributed by atoms with Gasteiger partial charge in [-0.25, -0.2) is 0 Å². The number of aromatic nitrogens is 1. The van der Waals surface area contributed by atoms with Crippen molar-refractivity contribution in [3.63, 3.8) is 0 Å². The molecule has 1 N–H and O–H groups in total. The van der Waals surface area contributed by atoms with Crippen molar-refractivity contribution in [3.05, 3.63) is 43.5 Å². The van der Waals surface area contributed by atoms with Crippen LogP contribution in [-0.4, -0.2) is 4.98 Å². The summed E-state index contributed by atoms with van der Waals surface area (Å²) in [4.78, 5) is 26.3. The molecule has 0 atom stereocenters. The molecule has 0 amide bonds. The van der Waals surface area contributed by atoms with Crippen molar-refractivity contribution in [2.75, 3.05) is 0 Å². The molecule has 3 nitrogen and oxygen atoms in total. The highest BCUT2D eigenvalue weighted by Gasteiger charge is 2.19. The van der Waals surface area contributed by atoms with Gasteiger partial charge in [0.05, 0.1) is 0 Å². The maximum absolute atomic E-state index is 12.1. The normalized spacial score (nSPS) is 11.6. The quantitative estimate of drug-likeness (QED) is 0.894. The fraction of sp³-hybridized carbons (Fsp3) is 0.600. The van der Waals surface area contributed by atoms with Gasteiger partial charge in [-0.15, -0.1) is 0 Å². The summed E-state index contributed by atoms with van der Waals surface area (Å²) in [6, 6.07) is 1.58. The van der Waals surface area contributed by atoms with Crippen molar-refractivity contribution in [2.24, 2.45) is 0 Å². The fourth-order valence-electron chi connectivity index (χ4n) is 2.41. The highest BCUT2D eigenvalue weighted by molar-refractivity contribution is 5.38. The molecule has 0 aromatic carbocycles. The molecule has 0 bridgehead atoms. The third-order valence-electron chi connectivity index (χ3n) is 3.15. The lowest BCUT2D eigenvalue weighted by molar-refractivity contribution is 0.747. The van der Waals surface area contributed by atoms with Crippen molar-refractivity contribution in [2.45, 2.75) is 59.3 Å². The third kappa shape index (κ3) is 2.89. The van der Waals surface area contributed by atoms with Gasteiger partial charge in [-0.1, -0.05) is 41.5 Å². The second-order valence-corrected chi connectivity index (χ2v) is 5.71. The van der Waals surface area contributed by atoms with E-state index in [0.717, 1.165) is 16.7 Å². The zero-order chi connectivity index (χ0) is 14.0. The summed E-state index contributed by atoms with van der Waals surface area (Å²) in [5, 5.41) is 0. The zero-order valence-electron chi connectivity index (χ0n) is 12.1. The molecule has 1 aromatic heterocycles. The molecule has 0 aliphatic heterocycles. The Morgan fingerprint density at radius 3 is 1.72 bits per heavy atom. The van der Waals surface area contributed by atoms with Gasteiger partial charge >= 0.3 is 0 Å². The van der Waals surface area contributed by atoms with Crippen LogP contribution in [0.3, 0.4) is 0 Å². The van der Waals surface area contributed by atoms with Gasteiger partial charge in [-0.3, -0.25) is 14.6 Å². The van der Waals surface area contributed by atoms with Crippen molar-refractivity contribution in [3.8, 4) is 0 Å². The molecule has 1 heterocycles. The average molecular weight is 249 g/mol. The summed E-state index contributed by atoms with van der Waals surface area (Å²) in [7, 11) is 0. The number of H-pyrrole nitrogens is 1. The standard InChI is InChI=1S/C15H23NO2/c1-8(2)11-7-12(17)16-15(18)14(10(5)6)13(11)9(3)4/h7-10H,1-6H3,(H,16,17,18). The summed E-state index contributed by atoms with van der Waals surface area (Å²) < 4.78 is 0. The molecule has 0 spiro atoms. The van der Waals surface area contributed by atoms with Gasteiger partial charge < -0.3 is 0 Å². The van der Waals surface area contributed by atoms with Crippen molar-refractivity contribution in [1.29, 1.82) is 0 Å². The molecule has 3 heteroatoms. The van der Waals surface area contributed by atoms with E-state index in [1.807, 2.05) is 13.8 Å². The van der Waals surface area contributed by atoms with Gasteiger partial charge in [0, 0.05) is 11.6 Å². The Kier molecular flexibility index (Phi) is 4.49. The number of rotatable bonds is 3. The van der Waals surface area contributed by atoms with E-state index in [9.17, 15) is 9.59 Å². The van der Waals surface area contributed by atoms with E-state index in [1.54, 1.807) is 6.07 Å². The van der Waals surface area contributed by atoms with Crippen LogP contribution >= 0.6 is 0 Å². The topological polar surface area (TPSA) is 49.9 Å². The van der Waals surface area contributed by atoms with Gasteiger partial charge in [-0.05, 0) is 28.9 Å². The molecule has 0 aliphatic rings. The predicted molar refractivity (Wildman–Crippen MR) is 75.6 cm³/mol. The van der Waals surface area contributed by atoms with E-state index < -0.39 is 0 Å². The van der Waals surface area contributed by atoms with E-state index in [1.165, 1.54) is 0 Å². The highest BCUT2D eigenvalue weighted by atomic mass is 16.2. The van der Waals surface area contributed by atoms with Crippen molar-refractivity contribution < 1.29 is 0 Å². The van der Waals surface area contributed by atoms with Crippen LogP contribution in [0.2, 0.25) is 0 Å². The Labute approximate surface area is 108 Å². The van der Waals surface area contributed by atoms with Crippen LogP contribution < -0.4 is 11.1 Å². The number of hydrogen-bond acceptors (Lipinski definition) is 2. The molecule has 100 valence electrons. The molecule has 0 radical (unpaired) electrons. The first-order valence-corrected chi connectivity index (χ1v) is 6.57. The van der Waals surface area contributed by atoms with Crippen LogP contribution in [0.1, 0.15) is 76.0 Å². The van der Waals surface area contributed by atoms with Crippen LogP contribution in [-0.2, 0) is 0 Å². The first-order valence-electron chi connectivity index (χ1n) is 6.57. The summed E-state index contributed by atoms with van der Waals surface area (Å²) in [6.45, 7) is 12.2. The van der Waals surface area contributed by atoms with Crippen LogP contribution in [0.15, 0.2) is 15.7 Å². The molecule has 0 fully saturated rings. The Morgan fingerprint density at radius 2 is 1.33 bits per heavy atom. The summed E-state index contributed by atoms with van der Waals surface area (Å²) >= 11 is 0. The van der Waals surface area contributed by atoms with E-state index in [2.05, 4.69) is 32.7 Å². The van der Waals surface area contributed by atoms with Gasteiger partial charge in [0.15, 0.2) is 0 Å². The predicted octanol–water partition coefficient (Wildman–Crippen LogP) is 3.11. The van der Waals surface area contributed by atoms with E-state index in [-0.39, 0.29) is 28.9 Å². The van der Waals surface area contributed by atoms with Gasteiger partial charge in [0.25, 0.3) is 11.1 Å². The second-order valence-electron chi connectivity index (χ2n) is 5.71. The maximum Gasteiger partial charge on any atom is 0.254 e. The molecular weight excluding hydrogens is 226 g/mol. The van der Waals surface area contributed by atoms with Crippen molar-refractivity contribution >= 4 is 0 Å². The Bertz CT molecular complexity index is 539. The maximum atomic E-state index is 12.1. The summed E-state index contributed by atoms with van der Waals surface area (Å²) in [5.74, 6) is 0.566. The lowest BCUT2D eigenvalue weighted by Gasteiger charge is -2.18. The minimum absolute atomic E-state index is 0.107. The Hall–Kier alpha value is -1.38. The van der Waals surface area contributed by atoms with Crippen LogP contribution in [0.5, 0.6) is 0 Å². The largest absolute Gasteiger partial charge is 0.289 e. The van der Waals surface area contributed by atoms with Crippen LogP contribution in [0, 0.1) is 0 Å². The van der Waals surface area contributed by atoms with Crippen LogP contribution in [0.25, 0.3) is 0 Å². The smallest absolute Gasteiger partial charge is 0.254 e. The van der Waals surface area contributed by atoms with Crippen molar-refractivity contribution in [1.82, 2.24) is 4.98 Å². The fourth-order valence-corrected chi connectivity index (χ4v) is 2.41. The van der Waals surface area contributed by atoms with Crippen LogP contribution in [0.4, 0.5) is 0 Å². The number of nitrogens with one attached hydrogen (secondary N) is 1. The van der Waals surface area contributed by atoms with E-state index in [0.29, 0.717) is 0 Å². The second kappa shape index (κ2) is 5.51. The molecule has 0 saturated heterocycles. The van der Waals surface area contributed by atoms with Gasteiger partial charge in [0.2, 0.25) is 0 Å². The number of aromatic amines is 1. The molecule has 0 unspecified atom stereocenters. The molecule has 18 heavy (non-hydrogen) atoms. The lowest BCUT2D eigenvalue weighted by atomic mass is 9.86. The van der Waals surface area contributed by atoms with Gasteiger partial charge in [0.1, 0.15) is 0 Å². The molecule has 0 saturated carbocycles. The first kappa shape index (κ1) is 14.7. The average Bonchev–Trinajstić information content (AvgIpc) is 2.33. The summed E-state index contributed by atoms with van der Waals surface area (Å²) in [6.07, 6.45) is 0. The lowest BCUT2D eigenvalue weighted by Crippen LogP contribution is -2.19. The SMILES string of the molecule is CC(C)c1cc(=O)[nH]c(=O)c(C(C)C)c1C(C)C. The minimum atomic E-state index is -0.308. The summed E-state index contributed by atoms with van der Waals surface area (Å²) in [5.41, 5.74) is 2.21. The molecule has 1 aromatic rings. The third-order valence-corrected chi connectivity index (χ3v) is 3.15. The molecule has 1 rings (SSSR count). The van der Waals surface area contributed by atoms with Gasteiger partial charge in [-0.2, -0.15) is 0 Å². The Morgan fingerprint density at radius 1 is 0.833 bits per heavy atom. The minimum Gasteiger partial charge on any atom is -0.289 e. The Balaban J connectivity index is 3.91. The molecular formula is C15H23NO2. The molecule has 0 aliphatic carbocycles. The van der Waals surface area contributed by atoms with E-state index in [4.69, 9.17) is 0 Å². The zero-order valence-corrected chi connectivity index (χ0v) is 12.1. The first-order chi connectivity index (χ1) is 8.25. The highest BCUT2D eigenvalue weighted by Crippen LogP contribution is 2.29. The monoisotopic (exact) mass is 249 g/mol.